The SMILES string of the molecule is O=C(O)c1ccc(CN2C(=O)S/C(=C\c3ccc(/C=C/C(=O)c4ccccc4)cc3)C2=O)cc1. The lowest BCUT2D eigenvalue weighted by Gasteiger charge is -2.12. The monoisotopic (exact) mass is 469 g/mol. The molecule has 1 aliphatic heterocycles. The normalized spacial score (nSPS) is 14.8. The number of hydrogen-bond acceptors (Lipinski definition) is 5. The standard InChI is InChI=1S/C27H19NO5S/c29-23(21-4-2-1-3-5-21)15-12-18-6-8-19(9-7-18)16-24-25(30)28(27(33)34-24)17-20-10-13-22(14-11-20)26(31)32/h1-16H,17H2,(H,31,32)/b15-12+,24-16-. The van der Waals surface area contributed by atoms with Crippen molar-refractivity contribution in [3.05, 3.63) is 118 Å². The molecule has 1 heterocycles. The molecule has 3 aromatic rings. The molecule has 0 unspecified atom stereocenters. The summed E-state index contributed by atoms with van der Waals surface area (Å²) in [6.45, 7) is 0.0705. The summed E-state index contributed by atoms with van der Waals surface area (Å²) >= 11 is 0.866. The maximum absolute atomic E-state index is 12.8. The van der Waals surface area contributed by atoms with Crippen molar-refractivity contribution in [2.75, 3.05) is 0 Å². The molecule has 1 aliphatic rings. The molecule has 3 aromatic carbocycles. The Hall–Kier alpha value is -4.23. The summed E-state index contributed by atoms with van der Waals surface area (Å²) in [7, 11) is 0. The molecule has 6 nitrogen and oxygen atoms in total. The van der Waals surface area contributed by atoms with Crippen LogP contribution in [0.15, 0.2) is 89.8 Å². The minimum absolute atomic E-state index is 0.0705. The Morgan fingerprint density at radius 2 is 1.47 bits per heavy atom. The number of carbonyl (C=O) groups is 4. The first-order chi connectivity index (χ1) is 16.4. The zero-order valence-electron chi connectivity index (χ0n) is 17.9. The van der Waals surface area contributed by atoms with E-state index in [1.807, 2.05) is 42.5 Å². The summed E-state index contributed by atoms with van der Waals surface area (Å²) in [5.41, 5.74) is 3.00. The molecule has 4 rings (SSSR count). The number of thioether (sulfide) groups is 1. The molecule has 0 spiro atoms. The van der Waals surface area contributed by atoms with E-state index in [2.05, 4.69) is 0 Å². The van der Waals surface area contributed by atoms with E-state index in [-0.39, 0.29) is 23.1 Å². The summed E-state index contributed by atoms with van der Waals surface area (Å²) in [5, 5.41) is 8.61. The zero-order chi connectivity index (χ0) is 24.1. The molecule has 0 bridgehead atoms. The van der Waals surface area contributed by atoms with E-state index >= 15 is 0 Å². The van der Waals surface area contributed by atoms with Gasteiger partial charge in [-0.3, -0.25) is 19.3 Å². The molecular formula is C27H19NO5S. The van der Waals surface area contributed by atoms with Gasteiger partial charge in [0.05, 0.1) is 17.0 Å². The van der Waals surface area contributed by atoms with Gasteiger partial charge in [0.15, 0.2) is 5.78 Å². The number of hydrogen-bond donors (Lipinski definition) is 1. The number of carboxylic acids is 1. The minimum Gasteiger partial charge on any atom is -0.478 e. The number of aromatic carboxylic acids is 1. The van der Waals surface area contributed by atoms with E-state index in [1.54, 1.807) is 36.4 Å². The molecule has 0 aromatic heterocycles. The van der Waals surface area contributed by atoms with Crippen molar-refractivity contribution in [3.63, 3.8) is 0 Å². The number of ketones is 1. The summed E-state index contributed by atoms with van der Waals surface area (Å²) in [4.78, 5) is 49.7. The predicted octanol–water partition coefficient (Wildman–Crippen LogP) is 5.52. The smallest absolute Gasteiger partial charge is 0.335 e. The summed E-state index contributed by atoms with van der Waals surface area (Å²) in [5.74, 6) is -1.52. The third-order valence-corrected chi connectivity index (χ3v) is 6.04. The molecule has 34 heavy (non-hydrogen) atoms. The number of carbonyl (C=O) groups excluding carboxylic acids is 3. The lowest BCUT2D eigenvalue weighted by Crippen LogP contribution is -2.27. The first-order valence-electron chi connectivity index (χ1n) is 10.4. The van der Waals surface area contributed by atoms with E-state index in [0.29, 0.717) is 16.0 Å². The summed E-state index contributed by atoms with van der Waals surface area (Å²) < 4.78 is 0. The molecule has 0 aliphatic carbocycles. The van der Waals surface area contributed by atoms with Crippen LogP contribution in [0.5, 0.6) is 0 Å². The van der Waals surface area contributed by atoms with Crippen LogP contribution in [0.3, 0.4) is 0 Å². The largest absolute Gasteiger partial charge is 0.478 e. The van der Waals surface area contributed by atoms with Gasteiger partial charge in [-0.25, -0.2) is 4.79 Å². The van der Waals surface area contributed by atoms with Gasteiger partial charge in [0.1, 0.15) is 0 Å². The van der Waals surface area contributed by atoms with Gasteiger partial charge in [-0.2, -0.15) is 0 Å². The minimum atomic E-state index is -1.04. The first kappa shape index (κ1) is 22.9. The van der Waals surface area contributed by atoms with Crippen LogP contribution in [0.4, 0.5) is 4.79 Å². The average Bonchev–Trinajstić information content (AvgIpc) is 3.11. The van der Waals surface area contributed by atoms with Crippen molar-refractivity contribution in [3.8, 4) is 0 Å². The highest BCUT2D eigenvalue weighted by Crippen LogP contribution is 2.33. The topological polar surface area (TPSA) is 91.8 Å². The molecule has 0 atom stereocenters. The molecule has 2 amide bonds. The third-order valence-electron chi connectivity index (χ3n) is 5.13. The van der Waals surface area contributed by atoms with Crippen molar-refractivity contribution >= 4 is 46.8 Å². The van der Waals surface area contributed by atoms with Crippen molar-refractivity contribution in [2.24, 2.45) is 0 Å². The maximum Gasteiger partial charge on any atom is 0.335 e. The summed E-state index contributed by atoms with van der Waals surface area (Å²) in [6, 6.07) is 22.3. The van der Waals surface area contributed by atoms with E-state index in [4.69, 9.17) is 5.11 Å². The molecule has 0 saturated carbocycles. The number of amides is 2. The van der Waals surface area contributed by atoms with Crippen LogP contribution in [0.1, 0.15) is 37.4 Å². The fourth-order valence-electron chi connectivity index (χ4n) is 3.30. The Morgan fingerprint density at radius 1 is 0.824 bits per heavy atom. The molecule has 7 heteroatoms. The number of benzene rings is 3. The molecule has 1 N–H and O–H groups in total. The molecule has 1 saturated heterocycles. The van der Waals surface area contributed by atoms with Crippen molar-refractivity contribution in [2.45, 2.75) is 6.54 Å². The quantitative estimate of drug-likeness (QED) is 0.362. The Kier molecular flexibility index (Phi) is 6.85. The van der Waals surface area contributed by atoms with Crippen LogP contribution in [0.25, 0.3) is 12.2 Å². The zero-order valence-corrected chi connectivity index (χ0v) is 18.7. The number of carboxylic acid groups (broad SMARTS) is 1. The first-order valence-corrected chi connectivity index (χ1v) is 11.2. The van der Waals surface area contributed by atoms with Crippen LogP contribution in [0.2, 0.25) is 0 Å². The average molecular weight is 470 g/mol. The number of rotatable bonds is 7. The van der Waals surface area contributed by atoms with Gasteiger partial charge in [-0.1, -0.05) is 72.8 Å². The van der Waals surface area contributed by atoms with Gasteiger partial charge in [0, 0.05) is 5.56 Å². The number of nitrogens with zero attached hydrogens (tertiary/aromatic N) is 1. The van der Waals surface area contributed by atoms with Crippen molar-refractivity contribution < 1.29 is 24.3 Å². The highest BCUT2D eigenvalue weighted by atomic mass is 32.2. The Balaban J connectivity index is 1.42. The van der Waals surface area contributed by atoms with E-state index in [1.165, 1.54) is 18.2 Å². The lowest BCUT2D eigenvalue weighted by atomic mass is 10.1. The summed E-state index contributed by atoms with van der Waals surface area (Å²) in [6.07, 6.45) is 4.89. The Labute approximate surface area is 200 Å². The van der Waals surface area contributed by atoms with Crippen LogP contribution in [-0.2, 0) is 11.3 Å². The van der Waals surface area contributed by atoms with Gasteiger partial charge >= 0.3 is 5.97 Å². The molecular weight excluding hydrogens is 450 g/mol. The van der Waals surface area contributed by atoms with Gasteiger partial charge in [-0.05, 0) is 52.7 Å². The van der Waals surface area contributed by atoms with Gasteiger partial charge in [0.2, 0.25) is 0 Å². The molecule has 168 valence electrons. The maximum atomic E-state index is 12.8. The van der Waals surface area contributed by atoms with Crippen LogP contribution in [-0.4, -0.2) is 32.9 Å². The predicted molar refractivity (Wildman–Crippen MR) is 131 cm³/mol. The number of allylic oxidation sites excluding steroid dienone is 1. The van der Waals surface area contributed by atoms with Crippen molar-refractivity contribution in [1.82, 2.24) is 4.90 Å². The second kappa shape index (κ2) is 10.1. The fourth-order valence-corrected chi connectivity index (χ4v) is 4.14. The highest BCUT2D eigenvalue weighted by Gasteiger charge is 2.34. The van der Waals surface area contributed by atoms with E-state index < -0.39 is 11.9 Å². The highest BCUT2D eigenvalue weighted by molar-refractivity contribution is 8.18. The second-order valence-corrected chi connectivity index (χ2v) is 8.49. The van der Waals surface area contributed by atoms with Gasteiger partial charge in [0.25, 0.3) is 11.1 Å². The van der Waals surface area contributed by atoms with Crippen LogP contribution < -0.4 is 0 Å². The van der Waals surface area contributed by atoms with Crippen LogP contribution in [0, 0.1) is 0 Å². The lowest BCUT2D eigenvalue weighted by molar-refractivity contribution is -0.123. The fraction of sp³-hybridized carbons (Fsp3) is 0.0370. The molecule has 1 fully saturated rings. The second-order valence-electron chi connectivity index (χ2n) is 7.50. The van der Waals surface area contributed by atoms with Gasteiger partial charge in [-0.15, -0.1) is 0 Å². The third kappa shape index (κ3) is 5.39. The Morgan fingerprint density at radius 3 is 2.12 bits per heavy atom. The van der Waals surface area contributed by atoms with E-state index in [9.17, 15) is 19.2 Å². The van der Waals surface area contributed by atoms with Gasteiger partial charge < -0.3 is 5.11 Å². The Bertz CT molecular complexity index is 1310. The van der Waals surface area contributed by atoms with Crippen molar-refractivity contribution in [1.29, 1.82) is 0 Å². The molecule has 0 radical (unpaired) electrons. The number of imide groups is 1. The van der Waals surface area contributed by atoms with Crippen LogP contribution >= 0.6 is 11.8 Å². The van der Waals surface area contributed by atoms with E-state index in [0.717, 1.165) is 27.8 Å².